The first-order valence-corrected chi connectivity index (χ1v) is 6.13. The summed E-state index contributed by atoms with van der Waals surface area (Å²) in [6.45, 7) is 4.00. The number of hydrogen-bond donors (Lipinski definition) is 2. The average Bonchev–Trinajstić information content (AvgIpc) is 2.37. The highest BCUT2D eigenvalue weighted by atomic mass is 35.5. The van der Waals surface area contributed by atoms with Gasteiger partial charge in [-0.3, -0.25) is 0 Å². The molecule has 5 heteroatoms. The third kappa shape index (κ3) is 2.44. The molecule has 0 unspecified atom stereocenters. The maximum absolute atomic E-state index is 5.97. The standard InChI is InChI=1S/C13H15ClN4/c1-3-11-8(2)16-12(17-13(11)18-15)9-5-4-6-10(14)7-9/h4-7H,3,15H2,1-2H3,(H,16,17,18). The molecular weight excluding hydrogens is 248 g/mol. The summed E-state index contributed by atoms with van der Waals surface area (Å²) in [5, 5.41) is 0.663. The number of hydrogen-bond acceptors (Lipinski definition) is 4. The van der Waals surface area contributed by atoms with Crippen LogP contribution >= 0.6 is 11.6 Å². The summed E-state index contributed by atoms with van der Waals surface area (Å²) in [7, 11) is 0. The smallest absolute Gasteiger partial charge is 0.161 e. The summed E-state index contributed by atoms with van der Waals surface area (Å²) < 4.78 is 0. The Bertz CT molecular complexity index is 569. The van der Waals surface area contributed by atoms with Gasteiger partial charge in [0.2, 0.25) is 0 Å². The molecule has 0 aliphatic heterocycles. The quantitative estimate of drug-likeness (QED) is 0.659. The van der Waals surface area contributed by atoms with Crippen LogP contribution in [0.3, 0.4) is 0 Å². The van der Waals surface area contributed by atoms with Crippen molar-refractivity contribution in [2.75, 3.05) is 5.43 Å². The Morgan fingerprint density at radius 3 is 2.72 bits per heavy atom. The normalized spacial score (nSPS) is 10.4. The molecule has 4 nitrogen and oxygen atoms in total. The molecule has 0 spiro atoms. The predicted molar refractivity (Wildman–Crippen MR) is 74.4 cm³/mol. The lowest BCUT2D eigenvalue weighted by atomic mass is 10.1. The van der Waals surface area contributed by atoms with Gasteiger partial charge in [-0.15, -0.1) is 0 Å². The van der Waals surface area contributed by atoms with Crippen LogP contribution in [0.25, 0.3) is 11.4 Å². The van der Waals surface area contributed by atoms with Gasteiger partial charge in [-0.05, 0) is 25.5 Å². The monoisotopic (exact) mass is 262 g/mol. The van der Waals surface area contributed by atoms with Gasteiger partial charge in [0.1, 0.15) is 5.82 Å². The van der Waals surface area contributed by atoms with Crippen molar-refractivity contribution in [1.29, 1.82) is 0 Å². The number of hydrazine groups is 1. The second-order valence-corrected chi connectivity index (χ2v) is 4.40. The highest BCUT2D eigenvalue weighted by Crippen LogP contribution is 2.24. The zero-order valence-electron chi connectivity index (χ0n) is 10.4. The minimum absolute atomic E-state index is 0.625. The predicted octanol–water partition coefficient (Wildman–Crippen LogP) is 2.95. The van der Waals surface area contributed by atoms with Crippen molar-refractivity contribution < 1.29 is 0 Å². The molecule has 18 heavy (non-hydrogen) atoms. The summed E-state index contributed by atoms with van der Waals surface area (Å²) in [5.41, 5.74) is 5.46. The van der Waals surface area contributed by atoms with Crippen LogP contribution in [0.5, 0.6) is 0 Å². The topological polar surface area (TPSA) is 63.8 Å². The number of nitrogen functional groups attached to an aromatic ring is 1. The molecule has 3 N–H and O–H groups in total. The molecule has 0 atom stereocenters. The highest BCUT2D eigenvalue weighted by Gasteiger charge is 2.10. The molecular formula is C13H15ClN4. The molecule has 0 amide bonds. The van der Waals surface area contributed by atoms with Gasteiger partial charge in [0.05, 0.1) is 0 Å². The summed E-state index contributed by atoms with van der Waals surface area (Å²) in [6, 6.07) is 7.45. The van der Waals surface area contributed by atoms with Gasteiger partial charge in [-0.2, -0.15) is 0 Å². The molecule has 1 aromatic carbocycles. The minimum Gasteiger partial charge on any atom is -0.308 e. The molecule has 0 bridgehead atoms. The van der Waals surface area contributed by atoms with Gasteiger partial charge in [0.15, 0.2) is 5.82 Å². The third-order valence-corrected chi connectivity index (χ3v) is 3.02. The summed E-state index contributed by atoms with van der Waals surface area (Å²) in [6.07, 6.45) is 0.835. The first-order valence-electron chi connectivity index (χ1n) is 5.75. The highest BCUT2D eigenvalue weighted by molar-refractivity contribution is 6.30. The molecule has 0 radical (unpaired) electrons. The third-order valence-electron chi connectivity index (χ3n) is 2.79. The Kier molecular flexibility index (Phi) is 3.79. The summed E-state index contributed by atoms with van der Waals surface area (Å²) in [4.78, 5) is 8.93. The Labute approximate surface area is 111 Å². The molecule has 2 aromatic rings. The van der Waals surface area contributed by atoms with Crippen molar-refractivity contribution in [2.24, 2.45) is 5.84 Å². The van der Waals surface area contributed by atoms with Crippen molar-refractivity contribution >= 4 is 17.4 Å². The SMILES string of the molecule is CCc1c(C)nc(-c2cccc(Cl)c2)nc1NN. The van der Waals surface area contributed by atoms with E-state index in [2.05, 4.69) is 15.4 Å². The average molecular weight is 263 g/mol. The van der Waals surface area contributed by atoms with Crippen LogP contribution < -0.4 is 11.3 Å². The summed E-state index contributed by atoms with van der Waals surface area (Å²) in [5.74, 6) is 6.80. The van der Waals surface area contributed by atoms with Gasteiger partial charge in [-0.25, -0.2) is 15.8 Å². The van der Waals surface area contributed by atoms with Gasteiger partial charge >= 0.3 is 0 Å². The number of anilines is 1. The molecule has 2 rings (SSSR count). The number of benzene rings is 1. The van der Waals surface area contributed by atoms with Crippen LogP contribution in [0.15, 0.2) is 24.3 Å². The zero-order chi connectivity index (χ0) is 13.1. The molecule has 0 saturated carbocycles. The first kappa shape index (κ1) is 12.8. The number of nitrogens with two attached hydrogens (primary N) is 1. The first-order chi connectivity index (χ1) is 8.65. The van der Waals surface area contributed by atoms with E-state index in [0.29, 0.717) is 16.7 Å². The molecule has 0 fully saturated rings. The van der Waals surface area contributed by atoms with E-state index in [1.807, 2.05) is 38.1 Å². The van der Waals surface area contributed by atoms with Crippen LogP contribution in [-0.4, -0.2) is 9.97 Å². The van der Waals surface area contributed by atoms with Crippen molar-refractivity contribution in [3.63, 3.8) is 0 Å². The zero-order valence-corrected chi connectivity index (χ0v) is 11.1. The van der Waals surface area contributed by atoms with Crippen LogP contribution in [0.1, 0.15) is 18.2 Å². The Morgan fingerprint density at radius 1 is 1.33 bits per heavy atom. The van der Waals surface area contributed by atoms with Crippen LogP contribution in [0.4, 0.5) is 5.82 Å². The number of aryl methyl sites for hydroxylation is 1. The molecule has 1 heterocycles. The van der Waals surface area contributed by atoms with E-state index >= 15 is 0 Å². The largest absolute Gasteiger partial charge is 0.308 e. The molecule has 0 aliphatic rings. The van der Waals surface area contributed by atoms with Gasteiger partial charge in [-0.1, -0.05) is 30.7 Å². The van der Waals surface area contributed by atoms with Crippen molar-refractivity contribution in [3.8, 4) is 11.4 Å². The second kappa shape index (κ2) is 5.33. The number of nitrogens with one attached hydrogen (secondary N) is 1. The number of rotatable bonds is 3. The Morgan fingerprint density at radius 2 is 2.11 bits per heavy atom. The lowest BCUT2D eigenvalue weighted by molar-refractivity contribution is 0.995. The molecule has 0 saturated heterocycles. The fourth-order valence-corrected chi connectivity index (χ4v) is 2.09. The maximum Gasteiger partial charge on any atom is 0.161 e. The van der Waals surface area contributed by atoms with E-state index in [9.17, 15) is 0 Å². The van der Waals surface area contributed by atoms with Crippen molar-refractivity contribution in [2.45, 2.75) is 20.3 Å². The van der Waals surface area contributed by atoms with Crippen LogP contribution in [-0.2, 0) is 6.42 Å². The summed E-state index contributed by atoms with van der Waals surface area (Å²) >= 11 is 5.97. The van der Waals surface area contributed by atoms with E-state index in [-0.39, 0.29) is 0 Å². The Hall–Kier alpha value is -1.65. The van der Waals surface area contributed by atoms with E-state index in [0.717, 1.165) is 23.2 Å². The second-order valence-electron chi connectivity index (χ2n) is 3.97. The van der Waals surface area contributed by atoms with Gasteiger partial charge in [0, 0.05) is 21.8 Å². The fourth-order valence-electron chi connectivity index (χ4n) is 1.90. The molecule has 94 valence electrons. The lowest BCUT2D eigenvalue weighted by Gasteiger charge is -2.11. The van der Waals surface area contributed by atoms with Crippen LogP contribution in [0.2, 0.25) is 5.02 Å². The maximum atomic E-state index is 5.97. The van der Waals surface area contributed by atoms with Crippen molar-refractivity contribution in [1.82, 2.24) is 9.97 Å². The Balaban J connectivity index is 2.56. The van der Waals surface area contributed by atoms with E-state index in [1.54, 1.807) is 0 Å². The number of aromatic nitrogens is 2. The van der Waals surface area contributed by atoms with E-state index in [4.69, 9.17) is 17.4 Å². The van der Waals surface area contributed by atoms with Crippen molar-refractivity contribution in [3.05, 3.63) is 40.5 Å². The van der Waals surface area contributed by atoms with Gasteiger partial charge in [0.25, 0.3) is 0 Å². The number of nitrogens with zero attached hydrogens (tertiary/aromatic N) is 2. The molecule has 0 aliphatic carbocycles. The van der Waals surface area contributed by atoms with E-state index < -0.39 is 0 Å². The number of halogens is 1. The van der Waals surface area contributed by atoms with Crippen LogP contribution in [0, 0.1) is 6.92 Å². The fraction of sp³-hybridized carbons (Fsp3) is 0.231. The molecule has 1 aromatic heterocycles. The van der Waals surface area contributed by atoms with E-state index in [1.165, 1.54) is 0 Å². The van der Waals surface area contributed by atoms with Gasteiger partial charge < -0.3 is 5.43 Å². The lowest BCUT2D eigenvalue weighted by Crippen LogP contribution is -2.13. The minimum atomic E-state index is 0.625.